The number of carbonyl (C=O) groups is 2. The molecule has 1 atom stereocenters. The maximum Gasteiger partial charge on any atom is 0.339 e. The van der Waals surface area contributed by atoms with Crippen LogP contribution in [0.4, 0.5) is 5.69 Å². The van der Waals surface area contributed by atoms with Gasteiger partial charge in [-0.3, -0.25) is 4.79 Å². The third-order valence-electron chi connectivity index (χ3n) is 5.11. The molecule has 0 aliphatic carbocycles. The van der Waals surface area contributed by atoms with Crippen LogP contribution < -0.4 is 9.64 Å². The number of carbonyl (C=O) groups excluding carboxylic acids is 2. The topological polar surface area (TPSA) is 55.8 Å². The molecule has 0 saturated carbocycles. The summed E-state index contributed by atoms with van der Waals surface area (Å²) in [7, 11) is 1.59. The Hall–Kier alpha value is -3.34. The van der Waals surface area contributed by atoms with Gasteiger partial charge in [0, 0.05) is 17.6 Å². The monoisotopic (exact) mass is 375 g/mol. The van der Waals surface area contributed by atoms with Crippen LogP contribution in [-0.4, -0.2) is 31.6 Å². The van der Waals surface area contributed by atoms with Crippen LogP contribution in [0.15, 0.2) is 60.7 Å². The van der Waals surface area contributed by atoms with Crippen molar-refractivity contribution in [2.45, 2.75) is 19.4 Å². The molecule has 1 aliphatic heterocycles. The highest BCUT2D eigenvalue weighted by Gasteiger charge is 2.30. The lowest BCUT2D eigenvalue weighted by molar-refractivity contribution is -0.126. The fraction of sp³-hybridized carbons (Fsp3) is 0.217. The summed E-state index contributed by atoms with van der Waals surface area (Å²) >= 11 is 0. The minimum absolute atomic E-state index is 0.212. The number of esters is 1. The second kappa shape index (κ2) is 7.35. The Morgan fingerprint density at radius 2 is 1.68 bits per heavy atom. The minimum Gasteiger partial charge on any atom is -0.496 e. The molecule has 0 fully saturated rings. The van der Waals surface area contributed by atoms with Crippen molar-refractivity contribution in [3.63, 3.8) is 0 Å². The summed E-state index contributed by atoms with van der Waals surface area (Å²) in [4.78, 5) is 27.4. The zero-order valence-corrected chi connectivity index (χ0v) is 15.8. The number of methoxy groups -OCH3 is 1. The van der Waals surface area contributed by atoms with Crippen molar-refractivity contribution in [3.8, 4) is 5.75 Å². The van der Waals surface area contributed by atoms with E-state index in [1.54, 1.807) is 31.1 Å². The highest BCUT2D eigenvalue weighted by Crippen LogP contribution is 2.30. The Balaban J connectivity index is 1.56. The van der Waals surface area contributed by atoms with Crippen LogP contribution in [0.2, 0.25) is 0 Å². The Labute approximate surface area is 163 Å². The van der Waals surface area contributed by atoms with Gasteiger partial charge < -0.3 is 14.4 Å². The van der Waals surface area contributed by atoms with Crippen molar-refractivity contribution in [2.24, 2.45) is 0 Å². The van der Waals surface area contributed by atoms with Crippen LogP contribution in [0.5, 0.6) is 5.75 Å². The van der Waals surface area contributed by atoms with Crippen LogP contribution in [0.3, 0.4) is 0 Å². The second-order valence-electron chi connectivity index (χ2n) is 6.78. The Morgan fingerprint density at radius 1 is 0.964 bits per heavy atom. The number of fused-ring (bicyclic) bond motifs is 2. The van der Waals surface area contributed by atoms with Crippen molar-refractivity contribution >= 4 is 28.3 Å². The number of benzene rings is 3. The minimum atomic E-state index is -0.875. The summed E-state index contributed by atoms with van der Waals surface area (Å²) in [6, 6.07) is 18.7. The zero-order chi connectivity index (χ0) is 19.7. The summed E-state index contributed by atoms with van der Waals surface area (Å²) in [5.41, 5.74) is 2.44. The lowest BCUT2D eigenvalue weighted by Crippen LogP contribution is -2.39. The molecule has 1 amide bonds. The fourth-order valence-electron chi connectivity index (χ4n) is 3.69. The third kappa shape index (κ3) is 3.09. The highest BCUT2D eigenvalue weighted by atomic mass is 16.5. The first-order valence-electron chi connectivity index (χ1n) is 9.26. The molecule has 28 heavy (non-hydrogen) atoms. The first kappa shape index (κ1) is 18.0. The first-order valence-corrected chi connectivity index (χ1v) is 9.26. The lowest BCUT2D eigenvalue weighted by Gasteiger charge is -2.22. The van der Waals surface area contributed by atoms with Gasteiger partial charge in [-0.1, -0.05) is 42.5 Å². The van der Waals surface area contributed by atoms with E-state index in [-0.39, 0.29) is 5.91 Å². The normalized spacial score (nSPS) is 13.9. The maximum absolute atomic E-state index is 12.9. The van der Waals surface area contributed by atoms with Crippen molar-refractivity contribution in [3.05, 3.63) is 71.8 Å². The number of hydrogen-bond acceptors (Lipinski definition) is 4. The van der Waals surface area contributed by atoms with Crippen LogP contribution in [-0.2, 0) is 16.0 Å². The molecule has 0 radical (unpaired) electrons. The molecule has 0 spiro atoms. The van der Waals surface area contributed by atoms with Crippen LogP contribution >= 0.6 is 0 Å². The molecule has 0 bridgehead atoms. The molecule has 142 valence electrons. The van der Waals surface area contributed by atoms with Crippen molar-refractivity contribution in [1.29, 1.82) is 0 Å². The lowest BCUT2D eigenvalue weighted by atomic mass is 10.0. The molecule has 3 aromatic carbocycles. The summed E-state index contributed by atoms with van der Waals surface area (Å²) < 4.78 is 10.9. The quantitative estimate of drug-likeness (QED) is 0.647. The van der Waals surface area contributed by atoms with E-state index in [1.165, 1.54) is 0 Å². The van der Waals surface area contributed by atoms with E-state index in [1.807, 2.05) is 48.5 Å². The van der Waals surface area contributed by atoms with Crippen molar-refractivity contribution in [2.75, 3.05) is 18.6 Å². The van der Waals surface area contributed by atoms with Gasteiger partial charge in [0.05, 0.1) is 12.7 Å². The van der Waals surface area contributed by atoms with E-state index in [9.17, 15) is 9.59 Å². The number of rotatable bonds is 4. The van der Waals surface area contributed by atoms with Gasteiger partial charge in [-0.25, -0.2) is 4.79 Å². The van der Waals surface area contributed by atoms with E-state index in [2.05, 4.69) is 0 Å². The van der Waals surface area contributed by atoms with E-state index in [0.717, 1.165) is 28.4 Å². The number of para-hydroxylation sites is 1. The second-order valence-corrected chi connectivity index (χ2v) is 6.78. The zero-order valence-electron chi connectivity index (χ0n) is 15.8. The summed E-state index contributed by atoms with van der Waals surface area (Å²) in [5.74, 6) is -0.0479. The average Bonchev–Trinajstić information content (AvgIpc) is 3.16. The van der Waals surface area contributed by atoms with Gasteiger partial charge in [-0.15, -0.1) is 0 Å². The van der Waals surface area contributed by atoms with Gasteiger partial charge >= 0.3 is 5.97 Å². The van der Waals surface area contributed by atoms with Crippen LogP contribution in [0, 0.1) is 0 Å². The van der Waals surface area contributed by atoms with Crippen molar-refractivity contribution in [1.82, 2.24) is 0 Å². The van der Waals surface area contributed by atoms with E-state index < -0.39 is 12.1 Å². The van der Waals surface area contributed by atoms with E-state index >= 15 is 0 Å². The van der Waals surface area contributed by atoms with Gasteiger partial charge in [0.2, 0.25) is 0 Å². The SMILES string of the molecule is COc1ccc(C(=O)O[C@H](C)C(=O)N2CCc3ccccc32)c2ccccc12. The van der Waals surface area contributed by atoms with Crippen LogP contribution in [0.1, 0.15) is 22.8 Å². The Bertz CT molecular complexity index is 1060. The van der Waals surface area contributed by atoms with Gasteiger partial charge in [0.25, 0.3) is 5.91 Å². The Morgan fingerprint density at radius 3 is 2.46 bits per heavy atom. The molecule has 5 heteroatoms. The van der Waals surface area contributed by atoms with Gasteiger partial charge in [-0.05, 0) is 42.5 Å². The molecular weight excluding hydrogens is 354 g/mol. The fourth-order valence-corrected chi connectivity index (χ4v) is 3.69. The highest BCUT2D eigenvalue weighted by molar-refractivity contribution is 6.07. The number of ether oxygens (including phenoxy) is 2. The molecule has 0 N–H and O–H groups in total. The maximum atomic E-state index is 12.9. The molecule has 0 saturated heterocycles. The smallest absolute Gasteiger partial charge is 0.339 e. The molecule has 0 aromatic heterocycles. The largest absolute Gasteiger partial charge is 0.496 e. The van der Waals surface area contributed by atoms with Gasteiger partial charge in [0.15, 0.2) is 6.10 Å². The number of amides is 1. The van der Waals surface area contributed by atoms with Gasteiger partial charge in [0.1, 0.15) is 5.75 Å². The first-order chi connectivity index (χ1) is 13.6. The summed E-state index contributed by atoms with van der Waals surface area (Å²) in [6.07, 6.45) is -0.0642. The number of nitrogens with zero attached hydrogens (tertiary/aromatic N) is 1. The standard InChI is InChI=1S/C23H21NO4/c1-15(22(25)24-14-13-16-7-3-6-10-20(16)24)28-23(26)19-11-12-21(27-2)18-9-5-4-8-17(18)19/h3-12,15H,13-14H2,1-2H3/t15-/m1/s1. The molecule has 4 rings (SSSR count). The number of anilines is 1. The predicted octanol–water partition coefficient (Wildman–Crippen LogP) is 3.98. The Kier molecular flexibility index (Phi) is 4.74. The van der Waals surface area contributed by atoms with Gasteiger partial charge in [-0.2, -0.15) is 0 Å². The summed E-state index contributed by atoms with van der Waals surface area (Å²) in [6.45, 7) is 2.22. The predicted molar refractivity (Wildman–Crippen MR) is 108 cm³/mol. The summed E-state index contributed by atoms with van der Waals surface area (Å²) in [5, 5.41) is 1.56. The van der Waals surface area contributed by atoms with E-state index in [0.29, 0.717) is 17.9 Å². The molecule has 1 heterocycles. The van der Waals surface area contributed by atoms with Crippen molar-refractivity contribution < 1.29 is 19.1 Å². The molecule has 0 unspecified atom stereocenters. The van der Waals surface area contributed by atoms with E-state index in [4.69, 9.17) is 9.47 Å². The number of hydrogen-bond donors (Lipinski definition) is 0. The molecule has 1 aliphatic rings. The molecule has 3 aromatic rings. The third-order valence-corrected chi connectivity index (χ3v) is 5.11. The van der Waals surface area contributed by atoms with Crippen LogP contribution in [0.25, 0.3) is 10.8 Å². The molecular formula is C23H21NO4. The average molecular weight is 375 g/mol. The molecule has 5 nitrogen and oxygen atoms in total.